The highest BCUT2D eigenvalue weighted by molar-refractivity contribution is 5.67. The van der Waals surface area contributed by atoms with Gasteiger partial charge in [0.1, 0.15) is 5.75 Å². The number of rotatable bonds is 17. The minimum absolute atomic E-state index is 0.493. The Balaban J connectivity index is 1.48. The molecule has 0 atom stereocenters. The van der Waals surface area contributed by atoms with Gasteiger partial charge in [-0.3, -0.25) is 4.79 Å². The minimum atomic E-state index is 0.493. The summed E-state index contributed by atoms with van der Waals surface area (Å²) >= 11 is 0. The van der Waals surface area contributed by atoms with E-state index in [-0.39, 0.29) is 0 Å². The largest absolute Gasteiger partial charge is 0.428 e. The molecule has 4 nitrogen and oxygen atoms in total. The summed E-state index contributed by atoms with van der Waals surface area (Å²) in [7, 11) is 0. The Labute approximate surface area is 194 Å². The van der Waals surface area contributed by atoms with Crippen LogP contribution in [0.5, 0.6) is 5.75 Å². The standard InChI is InChI=1S/C28H40N2O2/c1-2-3-4-5-6-11-14-25-20-29-28(30-21-25)26-18-17-24(19-27(26)32-22-31)13-10-8-7-9-12-23-15-16-23/h17-23H,2-16H2,1H3. The average Bonchev–Trinajstić information content (AvgIpc) is 3.64. The molecule has 174 valence electrons. The number of ether oxygens (including phenoxy) is 1. The number of hydrogen-bond acceptors (Lipinski definition) is 4. The van der Waals surface area contributed by atoms with Crippen molar-refractivity contribution in [1.29, 1.82) is 0 Å². The minimum Gasteiger partial charge on any atom is -0.428 e. The summed E-state index contributed by atoms with van der Waals surface area (Å²) in [6.07, 6.45) is 23.0. The summed E-state index contributed by atoms with van der Waals surface area (Å²) in [5.74, 6) is 2.20. The average molecular weight is 437 g/mol. The number of benzene rings is 1. The molecule has 0 saturated heterocycles. The first-order chi connectivity index (χ1) is 15.8. The van der Waals surface area contributed by atoms with Gasteiger partial charge in [0.15, 0.2) is 5.82 Å². The van der Waals surface area contributed by atoms with Gasteiger partial charge in [-0.2, -0.15) is 0 Å². The molecule has 0 unspecified atom stereocenters. The lowest BCUT2D eigenvalue weighted by molar-refractivity contribution is -0.120. The van der Waals surface area contributed by atoms with E-state index in [0.29, 0.717) is 18.0 Å². The lowest BCUT2D eigenvalue weighted by atomic mass is 10.0. The predicted molar refractivity (Wildman–Crippen MR) is 131 cm³/mol. The van der Waals surface area contributed by atoms with Gasteiger partial charge in [0.05, 0.1) is 5.56 Å². The van der Waals surface area contributed by atoms with Crippen LogP contribution in [0, 0.1) is 5.92 Å². The quantitative estimate of drug-likeness (QED) is 0.190. The number of carbonyl (C=O) groups excluding carboxylic acids is 1. The van der Waals surface area contributed by atoms with Crippen molar-refractivity contribution >= 4 is 6.47 Å². The highest BCUT2D eigenvalue weighted by Crippen LogP contribution is 2.34. The molecule has 1 aromatic carbocycles. The number of aryl methyl sites for hydroxylation is 2. The topological polar surface area (TPSA) is 52.1 Å². The van der Waals surface area contributed by atoms with E-state index < -0.39 is 0 Å². The molecule has 0 aliphatic heterocycles. The van der Waals surface area contributed by atoms with Gasteiger partial charge in [-0.1, -0.05) is 83.6 Å². The molecule has 0 amide bonds. The van der Waals surface area contributed by atoms with Crippen LogP contribution in [0.4, 0.5) is 0 Å². The van der Waals surface area contributed by atoms with Crippen LogP contribution in [-0.4, -0.2) is 16.4 Å². The predicted octanol–water partition coefficient (Wildman–Crippen LogP) is 7.48. The van der Waals surface area contributed by atoms with Crippen LogP contribution in [0.2, 0.25) is 0 Å². The summed E-state index contributed by atoms with van der Waals surface area (Å²) in [5, 5.41) is 0. The van der Waals surface area contributed by atoms with Crippen LogP contribution in [0.3, 0.4) is 0 Å². The first-order valence-electron chi connectivity index (χ1n) is 12.8. The Morgan fingerprint density at radius 3 is 2.22 bits per heavy atom. The van der Waals surface area contributed by atoms with E-state index in [2.05, 4.69) is 23.0 Å². The highest BCUT2D eigenvalue weighted by atomic mass is 16.5. The lowest BCUT2D eigenvalue weighted by Gasteiger charge is -2.10. The lowest BCUT2D eigenvalue weighted by Crippen LogP contribution is -1.98. The Kier molecular flexibility index (Phi) is 10.7. The van der Waals surface area contributed by atoms with Gasteiger partial charge >= 0.3 is 0 Å². The van der Waals surface area contributed by atoms with Gasteiger partial charge in [0.2, 0.25) is 0 Å². The second-order valence-corrected chi connectivity index (χ2v) is 9.37. The van der Waals surface area contributed by atoms with Crippen LogP contribution in [-0.2, 0) is 17.6 Å². The van der Waals surface area contributed by atoms with E-state index in [1.165, 1.54) is 94.6 Å². The zero-order valence-corrected chi connectivity index (χ0v) is 19.9. The van der Waals surface area contributed by atoms with Gasteiger partial charge in [-0.25, -0.2) is 9.97 Å². The van der Waals surface area contributed by atoms with Crippen molar-refractivity contribution in [2.75, 3.05) is 0 Å². The third-order valence-corrected chi connectivity index (χ3v) is 6.51. The first-order valence-corrected chi connectivity index (χ1v) is 12.8. The molecular weight excluding hydrogens is 396 g/mol. The van der Waals surface area contributed by atoms with E-state index in [1.807, 2.05) is 24.5 Å². The maximum atomic E-state index is 11.1. The zero-order chi connectivity index (χ0) is 22.4. The van der Waals surface area contributed by atoms with Gasteiger partial charge in [-0.15, -0.1) is 0 Å². The summed E-state index contributed by atoms with van der Waals surface area (Å²) in [6.45, 7) is 2.74. The molecule has 1 aliphatic rings. The maximum Gasteiger partial charge on any atom is 0.298 e. The van der Waals surface area contributed by atoms with E-state index in [0.717, 1.165) is 24.3 Å². The Bertz CT molecular complexity index is 800. The number of aromatic nitrogens is 2. The molecule has 1 saturated carbocycles. The van der Waals surface area contributed by atoms with Crippen LogP contribution in [0.15, 0.2) is 30.6 Å². The molecule has 4 heteroatoms. The number of hydrogen-bond donors (Lipinski definition) is 0. The van der Waals surface area contributed by atoms with E-state index in [1.54, 1.807) is 0 Å². The highest BCUT2D eigenvalue weighted by Gasteiger charge is 2.19. The SMILES string of the molecule is CCCCCCCCc1cnc(-c2ccc(CCCCCCC3CC3)cc2OC=O)nc1. The van der Waals surface area contributed by atoms with Gasteiger partial charge in [0, 0.05) is 12.4 Å². The number of nitrogens with zero attached hydrogens (tertiary/aromatic N) is 2. The summed E-state index contributed by atoms with van der Waals surface area (Å²) in [6, 6.07) is 6.08. The molecule has 1 aromatic heterocycles. The van der Waals surface area contributed by atoms with E-state index >= 15 is 0 Å². The molecule has 1 fully saturated rings. The molecule has 0 bridgehead atoms. The molecule has 0 spiro atoms. The van der Waals surface area contributed by atoms with E-state index in [9.17, 15) is 4.79 Å². The van der Waals surface area contributed by atoms with Crippen molar-refractivity contribution in [3.63, 3.8) is 0 Å². The van der Waals surface area contributed by atoms with Crippen molar-refractivity contribution in [2.24, 2.45) is 5.92 Å². The fourth-order valence-corrected chi connectivity index (χ4v) is 4.31. The van der Waals surface area contributed by atoms with Gasteiger partial charge in [-0.05, 0) is 54.9 Å². The molecule has 3 rings (SSSR count). The summed E-state index contributed by atoms with van der Waals surface area (Å²) in [5.41, 5.74) is 3.14. The number of unbranched alkanes of at least 4 members (excludes halogenated alkanes) is 8. The molecular formula is C28H40N2O2. The van der Waals surface area contributed by atoms with Crippen molar-refractivity contribution in [2.45, 2.75) is 103 Å². The first kappa shape index (κ1) is 24.4. The van der Waals surface area contributed by atoms with Crippen molar-refractivity contribution in [3.05, 3.63) is 41.7 Å². The Morgan fingerprint density at radius 2 is 1.53 bits per heavy atom. The summed E-state index contributed by atoms with van der Waals surface area (Å²) in [4.78, 5) is 20.2. The normalized spacial score (nSPS) is 13.3. The molecule has 0 N–H and O–H groups in total. The molecule has 1 heterocycles. The second-order valence-electron chi connectivity index (χ2n) is 9.37. The van der Waals surface area contributed by atoms with Crippen LogP contribution in [0.1, 0.15) is 102 Å². The molecule has 32 heavy (non-hydrogen) atoms. The van der Waals surface area contributed by atoms with Crippen LogP contribution < -0.4 is 4.74 Å². The summed E-state index contributed by atoms with van der Waals surface area (Å²) < 4.78 is 5.29. The third-order valence-electron chi connectivity index (χ3n) is 6.51. The smallest absolute Gasteiger partial charge is 0.298 e. The fraction of sp³-hybridized carbons (Fsp3) is 0.607. The number of carbonyl (C=O) groups is 1. The van der Waals surface area contributed by atoms with Crippen LogP contribution >= 0.6 is 0 Å². The fourth-order valence-electron chi connectivity index (χ4n) is 4.31. The van der Waals surface area contributed by atoms with Crippen LogP contribution in [0.25, 0.3) is 11.4 Å². The van der Waals surface area contributed by atoms with E-state index in [4.69, 9.17) is 4.74 Å². The third kappa shape index (κ3) is 8.72. The zero-order valence-electron chi connectivity index (χ0n) is 19.9. The molecule has 2 aromatic rings. The van der Waals surface area contributed by atoms with Gasteiger partial charge in [0.25, 0.3) is 6.47 Å². The van der Waals surface area contributed by atoms with Crippen molar-refractivity contribution in [1.82, 2.24) is 9.97 Å². The van der Waals surface area contributed by atoms with Crippen molar-refractivity contribution < 1.29 is 9.53 Å². The molecule has 1 aliphatic carbocycles. The van der Waals surface area contributed by atoms with Crippen molar-refractivity contribution in [3.8, 4) is 17.1 Å². The Morgan fingerprint density at radius 1 is 0.875 bits per heavy atom. The molecule has 0 radical (unpaired) electrons. The Hall–Kier alpha value is -2.23. The monoisotopic (exact) mass is 436 g/mol. The second kappa shape index (κ2) is 14.0. The maximum absolute atomic E-state index is 11.1. The van der Waals surface area contributed by atoms with Gasteiger partial charge < -0.3 is 4.74 Å².